The van der Waals surface area contributed by atoms with E-state index in [4.69, 9.17) is 9.47 Å². The molecule has 1 unspecified atom stereocenters. The lowest BCUT2D eigenvalue weighted by molar-refractivity contribution is -0.115. The van der Waals surface area contributed by atoms with Crippen molar-refractivity contribution in [1.82, 2.24) is 19.6 Å². The van der Waals surface area contributed by atoms with Crippen LogP contribution in [0.4, 0.5) is 5.69 Å². The summed E-state index contributed by atoms with van der Waals surface area (Å²) in [4.78, 5) is 21.5. The Morgan fingerprint density at radius 1 is 1.18 bits per heavy atom. The number of aryl methyl sites for hydroxylation is 2. The fourth-order valence-corrected chi connectivity index (χ4v) is 3.61. The van der Waals surface area contributed by atoms with Crippen molar-refractivity contribution in [3.63, 3.8) is 0 Å². The number of amides is 1. The standard InChI is InChI=1S/C19H21N5O3S/c1-10-11(2)20-18-22-19(23-24(18)12(10)3)28-13(4)17(25)21-14-5-6-15-16(9-14)27-8-7-26-15/h5-6,9,13H,7-8H2,1-4H3,(H,21,25). The molecule has 1 amide bonds. The molecular weight excluding hydrogens is 378 g/mol. The van der Waals surface area contributed by atoms with Gasteiger partial charge in [-0.3, -0.25) is 4.79 Å². The van der Waals surface area contributed by atoms with Gasteiger partial charge in [0.2, 0.25) is 11.1 Å². The predicted octanol–water partition coefficient (Wildman–Crippen LogP) is 2.94. The molecule has 0 spiro atoms. The van der Waals surface area contributed by atoms with Gasteiger partial charge < -0.3 is 14.8 Å². The molecular formula is C19H21N5O3S. The number of rotatable bonds is 4. The van der Waals surface area contributed by atoms with E-state index >= 15 is 0 Å². The quantitative estimate of drug-likeness (QED) is 0.675. The Morgan fingerprint density at radius 3 is 2.71 bits per heavy atom. The molecule has 4 rings (SSSR count). The van der Waals surface area contributed by atoms with Crippen molar-refractivity contribution in [2.75, 3.05) is 18.5 Å². The van der Waals surface area contributed by atoms with E-state index < -0.39 is 0 Å². The van der Waals surface area contributed by atoms with Gasteiger partial charge in [-0.1, -0.05) is 11.8 Å². The third-order valence-electron chi connectivity index (χ3n) is 4.70. The first kappa shape index (κ1) is 18.5. The van der Waals surface area contributed by atoms with E-state index in [9.17, 15) is 4.79 Å². The minimum atomic E-state index is -0.381. The van der Waals surface area contributed by atoms with Crippen molar-refractivity contribution >= 4 is 29.1 Å². The Bertz CT molecular complexity index is 1070. The van der Waals surface area contributed by atoms with Crippen molar-refractivity contribution < 1.29 is 14.3 Å². The molecule has 1 aromatic carbocycles. The molecule has 9 heteroatoms. The maximum atomic E-state index is 12.6. The third-order valence-corrected chi connectivity index (χ3v) is 5.65. The van der Waals surface area contributed by atoms with Gasteiger partial charge in [-0.25, -0.2) is 9.50 Å². The Kier molecular flexibility index (Phi) is 4.84. The van der Waals surface area contributed by atoms with Crippen molar-refractivity contribution in [1.29, 1.82) is 0 Å². The fourth-order valence-electron chi connectivity index (χ4n) is 2.86. The van der Waals surface area contributed by atoms with Gasteiger partial charge in [0, 0.05) is 23.1 Å². The molecule has 1 aliphatic heterocycles. The van der Waals surface area contributed by atoms with E-state index in [1.807, 2.05) is 27.7 Å². The minimum absolute atomic E-state index is 0.141. The van der Waals surface area contributed by atoms with Crippen LogP contribution >= 0.6 is 11.8 Å². The molecule has 2 aromatic heterocycles. The monoisotopic (exact) mass is 399 g/mol. The van der Waals surface area contributed by atoms with Crippen LogP contribution < -0.4 is 14.8 Å². The Hall–Kier alpha value is -2.81. The SMILES string of the molecule is Cc1nc2nc(SC(C)C(=O)Nc3ccc4c(c3)OCCO4)nn2c(C)c1C. The summed E-state index contributed by atoms with van der Waals surface area (Å²) in [6.07, 6.45) is 0. The molecule has 0 aliphatic carbocycles. The minimum Gasteiger partial charge on any atom is -0.486 e. The van der Waals surface area contributed by atoms with Gasteiger partial charge in [0.15, 0.2) is 11.5 Å². The molecule has 3 heterocycles. The van der Waals surface area contributed by atoms with Crippen molar-refractivity contribution in [3.05, 3.63) is 35.2 Å². The first-order chi connectivity index (χ1) is 13.4. The molecule has 28 heavy (non-hydrogen) atoms. The Labute approximate surface area is 166 Å². The third kappa shape index (κ3) is 3.49. The van der Waals surface area contributed by atoms with Gasteiger partial charge in [-0.05, 0) is 45.4 Å². The molecule has 0 bridgehead atoms. The van der Waals surface area contributed by atoms with Crippen LogP contribution in [0.15, 0.2) is 23.4 Å². The average molecular weight is 399 g/mol. The predicted molar refractivity (Wildman–Crippen MR) is 106 cm³/mol. The van der Waals surface area contributed by atoms with Crippen LogP contribution in [0.2, 0.25) is 0 Å². The van der Waals surface area contributed by atoms with E-state index in [0.29, 0.717) is 41.3 Å². The normalized spacial score (nSPS) is 14.1. The van der Waals surface area contributed by atoms with Gasteiger partial charge in [-0.2, -0.15) is 4.98 Å². The molecule has 0 fully saturated rings. The zero-order chi connectivity index (χ0) is 19.8. The highest BCUT2D eigenvalue weighted by Gasteiger charge is 2.20. The van der Waals surface area contributed by atoms with Crippen molar-refractivity contribution in [2.45, 2.75) is 38.1 Å². The molecule has 0 radical (unpaired) electrons. The molecule has 1 atom stereocenters. The average Bonchev–Trinajstić information content (AvgIpc) is 3.08. The number of nitrogens with one attached hydrogen (secondary N) is 1. The first-order valence-corrected chi connectivity index (χ1v) is 9.88. The highest BCUT2D eigenvalue weighted by molar-refractivity contribution is 8.00. The number of hydrogen-bond acceptors (Lipinski definition) is 7. The number of aromatic nitrogens is 4. The van der Waals surface area contributed by atoms with Gasteiger partial charge in [-0.15, -0.1) is 5.10 Å². The van der Waals surface area contributed by atoms with Crippen molar-refractivity contribution in [2.24, 2.45) is 0 Å². The van der Waals surface area contributed by atoms with Crippen LogP contribution in [0, 0.1) is 20.8 Å². The van der Waals surface area contributed by atoms with E-state index in [2.05, 4.69) is 20.4 Å². The fraction of sp³-hybridized carbons (Fsp3) is 0.368. The molecule has 1 aliphatic rings. The Balaban J connectivity index is 1.47. The summed E-state index contributed by atoms with van der Waals surface area (Å²) in [5.74, 6) is 1.73. The maximum Gasteiger partial charge on any atom is 0.253 e. The summed E-state index contributed by atoms with van der Waals surface area (Å²) < 4.78 is 12.8. The molecule has 0 saturated carbocycles. The van der Waals surface area contributed by atoms with Crippen LogP contribution in [-0.2, 0) is 4.79 Å². The summed E-state index contributed by atoms with van der Waals surface area (Å²) >= 11 is 1.29. The molecule has 0 saturated heterocycles. The van der Waals surface area contributed by atoms with Crippen LogP contribution in [0.1, 0.15) is 23.9 Å². The smallest absolute Gasteiger partial charge is 0.253 e. The number of benzene rings is 1. The number of anilines is 1. The van der Waals surface area contributed by atoms with E-state index in [1.54, 1.807) is 22.7 Å². The second kappa shape index (κ2) is 7.31. The summed E-state index contributed by atoms with van der Waals surface area (Å²) in [7, 11) is 0. The maximum absolute atomic E-state index is 12.6. The number of nitrogens with zero attached hydrogens (tertiary/aromatic N) is 4. The summed E-state index contributed by atoms with van der Waals surface area (Å²) in [6, 6.07) is 5.36. The van der Waals surface area contributed by atoms with E-state index in [-0.39, 0.29) is 11.2 Å². The highest BCUT2D eigenvalue weighted by atomic mass is 32.2. The van der Waals surface area contributed by atoms with Crippen LogP contribution in [0.3, 0.4) is 0 Å². The number of thioether (sulfide) groups is 1. The van der Waals surface area contributed by atoms with E-state index in [1.165, 1.54) is 11.8 Å². The molecule has 1 N–H and O–H groups in total. The van der Waals surface area contributed by atoms with Gasteiger partial charge in [0.1, 0.15) is 13.2 Å². The summed E-state index contributed by atoms with van der Waals surface area (Å²) in [6.45, 7) is 8.80. The van der Waals surface area contributed by atoms with Crippen LogP contribution in [-0.4, -0.2) is 44.0 Å². The van der Waals surface area contributed by atoms with E-state index in [0.717, 1.165) is 17.0 Å². The summed E-state index contributed by atoms with van der Waals surface area (Å²) in [5.41, 5.74) is 3.67. The van der Waals surface area contributed by atoms with Crippen LogP contribution in [0.5, 0.6) is 11.5 Å². The lowest BCUT2D eigenvalue weighted by Gasteiger charge is -2.19. The second-order valence-electron chi connectivity index (χ2n) is 6.62. The van der Waals surface area contributed by atoms with Crippen LogP contribution in [0.25, 0.3) is 5.78 Å². The second-order valence-corrected chi connectivity index (χ2v) is 7.93. The lowest BCUT2D eigenvalue weighted by Crippen LogP contribution is -2.23. The molecule has 8 nitrogen and oxygen atoms in total. The number of ether oxygens (including phenoxy) is 2. The Morgan fingerprint density at radius 2 is 1.93 bits per heavy atom. The number of carbonyl (C=O) groups excluding carboxylic acids is 1. The number of fused-ring (bicyclic) bond motifs is 2. The topological polar surface area (TPSA) is 90.6 Å². The highest BCUT2D eigenvalue weighted by Crippen LogP contribution is 2.33. The van der Waals surface area contributed by atoms with Gasteiger partial charge >= 0.3 is 0 Å². The molecule has 3 aromatic rings. The molecule has 146 valence electrons. The zero-order valence-corrected chi connectivity index (χ0v) is 17.0. The lowest BCUT2D eigenvalue weighted by atomic mass is 10.2. The van der Waals surface area contributed by atoms with Gasteiger partial charge in [0.25, 0.3) is 5.78 Å². The first-order valence-electron chi connectivity index (χ1n) is 9.00. The number of carbonyl (C=O) groups is 1. The summed E-state index contributed by atoms with van der Waals surface area (Å²) in [5, 5.41) is 7.53. The van der Waals surface area contributed by atoms with Gasteiger partial charge in [0.05, 0.1) is 5.25 Å². The largest absolute Gasteiger partial charge is 0.486 e. The zero-order valence-electron chi connectivity index (χ0n) is 16.1. The van der Waals surface area contributed by atoms with Crippen molar-refractivity contribution in [3.8, 4) is 11.5 Å². The number of hydrogen-bond donors (Lipinski definition) is 1.